The lowest BCUT2D eigenvalue weighted by molar-refractivity contribution is 0.920. The molecular weight excluding hydrogens is 759 g/mol. The molecule has 2 N–H and O–H groups in total. The molecule has 0 spiro atoms. The van der Waals surface area contributed by atoms with E-state index in [1.165, 1.54) is 42.8 Å². The zero-order valence-electron chi connectivity index (χ0n) is 35.4. The number of nitrogens with zero attached hydrogens (tertiary/aromatic N) is 17. The van der Waals surface area contributed by atoms with Gasteiger partial charge >= 0.3 is 0 Å². The van der Waals surface area contributed by atoms with E-state index in [9.17, 15) is 0 Å². The van der Waals surface area contributed by atoms with Crippen LogP contribution in [0.3, 0.4) is 0 Å². The van der Waals surface area contributed by atoms with Gasteiger partial charge in [-0.25, -0.2) is 59.8 Å². The van der Waals surface area contributed by atoms with Crippen LogP contribution in [0.5, 0.6) is 0 Å². The lowest BCUT2D eigenvalue weighted by Crippen LogP contribution is -1.91. The number of pyridine rings is 2. The predicted molar refractivity (Wildman–Crippen MR) is 228 cm³/mol. The molecule has 0 aromatic carbocycles. The number of fused-ring (bicyclic) bond motifs is 1. The normalized spacial score (nSPS) is 9.15. The average Bonchev–Trinajstić information content (AvgIpc) is 3.97. The number of rotatable bonds is 1. The van der Waals surface area contributed by atoms with Crippen LogP contribution in [0.15, 0.2) is 124 Å². The lowest BCUT2D eigenvalue weighted by Gasteiger charge is -1.89. The molecule has 0 unspecified atom stereocenters. The number of aromatic amines is 2. The van der Waals surface area contributed by atoms with Crippen LogP contribution in [0.4, 0.5) is 0 Å². The third kappa shape index (κ3) is 23.9. The highest BCUT2D eigenvalue weighted by Gasteiger charge is 1.98. The Hall–Kier alpha value is -7.83. The summed E-state index contributed by atoms with van der Waals surface area (Å²) in [5.74, 6) is 3.99. The molecule has 60 heavy (non-hydrogen) atoms. The van der Waals surface area contributed by atoms with Crippen LogP contribution in [-0.2, 0) is 6.42 Å². The van der Waals surface area contributed by atoms with Gasteiger partial charge in [0.2, 0.25) is 0 Å². The quantitative estimate of drug-likeness (QED) is 0.191. The average molecular weight is 810 g/mol. The molecule has 0 amide bonds. The highest BCUT2D eigenvalue weighted by Crippen LogP contribution is 2.06. The Morgan fingerprint density at radius 1 is 0.483 bits per heavy atom. The van der Waals surface area contributed by atoms with Crippen LogP contribution >= 0.6 is 0 Å². The number of H-pyrrole nitrogens is 2. The summed E-state index contributed by atoms with van der Waals surface area (Å²) in [5, 5.41) is 6.22. The molecule has 0 saturated carbocycles. The zero-order chi connectivity index (χ0) is 43.6. The van der Waals surface area contributed by atoms with Gasteiger partial charge in [-0.2, -0.15) is 5.10 Å². The van der Waals surface area contributed by atoms with Gasteiger partial charge in [0.25, 0.3) is 0 Å². The van der Waals surface area contributed by atoms with Crippen molar-refractivity contribution in [1.29, 1.82) is 0 Å². The standard InChI is InChI=1S/C7H9N.C6H6N4.C6H7N.C5H7N3.2C5H6N2.C4H5N3.C3H5N3/c1-2-7-3-5-8-6-4-7;1-4-5-6(9-2-7-4)10-3-8-5;1-6-2-4-7-5-3-6;1-4-6-3-7-5(2)8-4;1-5-4-6-2-3-7-5;1-5-6-3-2-4-7-5;1-4-6-2-5-3-7-4;1-3-4-2-5-6-3/h3-6H,2H2,1H3;2-3H,1H3,(H,7,8,9,10);2-5H,1H3;3H,1-2H3;2*2-4H,1H3;2-3H,1H3;2H,1H3,(H,4,5,6). The molecule has 19 heteroatoms. The summed E-state index contributed by atoms with van der Waals surface area (Å²) in [6.45, 7) is 17.2. The number of nitrogens with one attached hydrogen (secondary N) is 2. The Balaban J connectivity index is 0.000000237. The van der Waals surface area contributed by atoms with Crippen LogP contribution in [0, 0.1) is 55.4 Å². The third-order valence-corrected chi connectivity index (χ3v) is 6.77. The molecule has 310 valence electrons. The van der Waals surface area contributed by atoms with Gasteiger partial charge < -0.3 is 4.98 Å². The minimum absolute atomic E-state index is 0.729. The maximum atomic E-state index is 4.00. The summed E-state index contributed by atoms with van der Waals surface area (Å²) < 4.78 is 0. The lowest BCUT2D eigenvalue weighted by atomic mass is 10.2. The molecule has 0 saturated heterocycles. The van der Waals surface area contributed by atoms with Crippen molar-refractivity contribution < 1.29 is 0 Å². The van der Waals surface area contributed by atoms with Gasteiger partial charge in [-0.1, -0.05) is 6.92 Å². The van der Waals surface area contributed by atoms with Crippen molar-refractivity contribution in [3.63, 3.8) is 0 Å². The third-order valence-electron chi connectivity index (χ3n) is 6.77. The molecule has 9 rings (SSSR count). The second-order valence-electron chi connectivity index (χ2n) is 11.8. The van der Waals surface area contributed by atoms with Crippen LogP contribution < -0.4 is 0 Å². The Kier molecular flexibility index (Phi) is 24.4. The molecule has 0 bridgehead atoms. The maximum Gasteiger partial charge on any atom is 0.180 e. The Morgan fingerprint density at radius 2 is 1.08 bits per heavy atom. The summed E-state index contributed by atoms with van der Waals surface area (Å²) in [6, 6.07) is 9.80. The first-order valence-electron chi connectivity index (χ1n) is 18.4. The van der Waals surface area contributed by atoms with Crippen molar-refractivity contribution in [2.45, 2.75) is 68.7 Å². The fourth-order valence-corrected chi connectivity index (χ4v) is 3.73. The Bertz CT molecular complexity index is 2170. The van der Waals surface area contributed by atoms with Gasteiger partial charge in [0.05, 0.1) is 17.7 Å². The summed E-state index contributed by atoms with van der Waals surface area (Å²) >= 11 is 0. The monoisotopic (exact) mass is 809 g/mol. The first kappa shape index (κ1) is 48.3. The van der Waals surface area contributed by atoms with Gasteiger partial charge in [-0.15, -0.1) is 0 Å². The summed E-state index contributed by atoms with van der Waals surface area (Å²) in [7, 11) is 0. The largest absolute Gasteiger partial charge is 0.342 e. The molecule has 0 atom stereocenters. The van der Waals surface area contributed by atoms with E-state index in [0.717, 1.165) is 58.1 Å². The van der Waals surface area contributed by atoms with E-state index < -0.39 is 0 Å². The van der Waals surface area contributed by atoms with Crippen LogP contribution in [0.2, 0.25) is 0 Å². The number of hydrogen-bond donors (Lipinski definition) is 2. The Morgan fingerprint density at radius 3 is 1.43 bits per heavy atom. The van der Waals surface area contributed by atoms with E-state index in [-0.39, 0.29) is 0 Å². The minimum atomic E-state index is 0.729. The maximum absolute atomic E-state index is 4.00. The van der Waals surface area contributed by atoms with Crippen molar-refractivity contribution >= 4 is 11.2 Å². The van der Waals surface area contributed by atoms with Gasteiger partial charge in [0.1, 0.15) is 66.3 Å². The summed E-state index contributed by atoms with van der Waals surface area (Å²) in [6.07, 6.45) is 25.9. The molecule has 0 aliphatic carbocycles. The Labute approximate surface area is 349 Å². The molecule has 0 fully saturated rings. The highest BCUT2D eigenvalue weighted by molar-refractivity contribution is 5.71. The van der Waals surface area contributed by atoms with Crippen molar-refractivity contribution in [1.82, 2.24) is 94.9 Å². The molecule has 9 aromatic heterocycles. The fraction of sp³-hybridized carbons (Fsp3) is 0.244. The van der Waals surface area contributed by atoms with Crippen LogP contribution in [-0.4, -0.2) is 94.9 Å². The van der Waals surface area contributed by atoms with Gasteiger partial charge in [0.15, 0.2) is 5.65 Å². The predicted octanol–water partition coefficient (Wildman–Crippen LogP) is 6.05. The second-order valence-corrected chi connectivity index (χ2v) is 11.8. The molecule has 0 aliphatic heterocycles. The van der Waals surface area contributed by atoms with Crippen molar-refractivity contribution in [3.05, 3.63) is 176 Å². The van der Waals surface area contributed by atoms with E-state index in [1.54, 1.807) is 55.8 Å². The van der Waals surface area contributed by atoms with Crippen LogP contribution in [0.1, 0.15) is 58.6 Å². The van der Waals surface area contributed by atoms with Gasteiger partial charge in [-0.05, 0) is 103 Å². The van der Waals surface area contributed by atoms with Crippen molar-refractivity contribution in [2.75, 3.05) is 0 Å². The summed E-state index contributed by atoms with van der Waals surface area (Å²) in [5.41, 5.74) is 6.15. The number of hydrogen-bond acceptors (Lipinski definition) is 17. The molecule has 9 heterocycles. The first-order valence-corrected chi connectivity index (χ1v) is 18.4. The summed E-state index contributed by atoms with van der Waals surface area (Å²) in [4.78, 5) is 64.6. The van der Waals surface area contributed by atoms with E-state index in [2.05, 4.69) is 102 Å². The minimum Gasteiger partial charge on any atom is -0.342 e. The van der Waals surface area contributed by atoms with E-state index >= 15 is 0 Å². The van der Waals surface area contributed by atoms with Crippen LogP contribution in [0.25, 0.3) is 11.2 Å². The van der Waals surface area contributed by atoms with E-state index in [0.29, 0.717) is 0 Å². The van der Waals surface area contributed by atoms with E-state index in [1.807, 2.05) is 92.0 Å². The fourth-order valence-electron chi connectivity index (χ4n) is 3.73. The van der Waals surface area contributed by atoms with Crippen molar-refractivity contribution in [3.8, 4) is 0 Å². The highest BCUT2D eigenvalue weighted by atomic mass is 15.2. The molecule has 19 nitrogen and oxygen atoms in total. The molecule has 0 aliphatic rings. The van der Waals surface area contributed by atoms with Gasteiger partial charge in [0, 0.05) is 55.8 Å². The number of aromatic nitrogens is 19. The number of imidazole rings is 1. The van der Waals surface area contributed by atoms with Gasteiger partial charge in [-0.3, -0.25) is 25.0 Å². The second kappa shape index (κ2) is 30.3. The molecular formula is C41H51N19. The zero-order valence-corrected chi connectivity index (χ0v) is 35.4. The first-order chi connectivity index (χ1) is 29.1. The van der Waals surface area contributed by atoms with E-state index in [4.69, 9.17) is 0 Å². The smallest absolute Gasteiger partial charge is 0.180 e. The van der Waals surface area contributed by atoms with Crippen molar-refractivity contribution in [2.24, 2.45) is 0 Å². The molecule has 0 radical (unpaired) electrons. The number of aryl methyl sites for hydroxylation is 9. The topological polar surface area (TPSA) is 251 Å². The molecule has 9 aromatic rings. The SMILES string of the molecule is CCc1ccncc1.Cc1ccncc1.Cc1cnccn1.Cc1ncccn1.Cc1ncn[nH]1.Cc1ncnc(C)n1.Cc1ncnc2nc[nH]c12.Cc1ncncn1.